The second kappa shape index (κ2) is 5.00. The van der Waals surface area contributed by atoms with Crippen LogP contribution in [0.5, 0.6) is 5.75 Å². The zero-order valence-corrected chi connectivity index (χ0v) is 10.7. The van der Waals surface area contributed by atoms with E-state index in [0.717, 1.165) is 29.0 Å². The van der Waals surface area contributed by atoms with Gasteiger partial charge in [0.05, 0.1) is 0 Å². The molecule has 5 nitrogen and oxygen atoms in total. The molecule has 0 atom stereocenters. The molecule has 1 aromatic carbocycles. The van der Waals surface area contributed by atoms with Crippen LogP contribution in [0.4, 0.5) is 0 Å². The first-order valence-electron chi connectivity index (χ1n) is 5.64. The molecule has 0 bridgehead atoms. The Bertz CT molecular complexity index is 552. The van der Waals surface area contributed by atoms with Gasteiger partial charge in [0.1, 0.15) is 25.0 Å². The van der Waals surface area contributed by atoms with Crippen LogP contribution in [0.2, 0.25) is 0 Å². The first kappa shape index (κ1) is 12.3. The molecule has 0 amide bonds. The Morgan fingerprint density at radius 3 is 2.50 bits per heavy atom. The lowest BCUT2D eigenvalue weighted by Crippen LogP contribution is -2.06. The molecule has 0 spiro atoms. The summed E-state index contributed by atoms with van der Waals surface area (Å²) < 4.78 is 7.42. The molecule has 18 heavy (non-hydrogen) atoms. The van der Waals surface area contributed by atoms with Crippen LogP contribution < -0.4 is 4.74 Å². The molecular formula is C13H15N3O2. The number of hydrogen-bond acceptors (Lipinski definition) is 4. The molecule has 0 fully saturated rings. The average Bonchev–Trinajstić information content (AvgIpc) is 2.73. The van der Waals surface area contributed by atoms with E-state index in [0.29, 0.717) is 12.2 Å². The van der Waals surface area contributed by atoms with Crippen molar-refractivity contribution in [2.75, 3.05) is 0 Å². The number of aromatic nitrogens is 3. The predicted molar refractivity (Wildman–Crippen MR) is 66.6 cm³/mol. The van der Waals surface area contributed by atoms with E-state index in [4.69, 9.17) is 4.74 Å². The standard InChI is InChI=1S/C13H15N3O2/c1-9-4-11(6-17)5-10(2)13(9)18-7-12-14-8-15-16(12)3/h4-6,8H,7H2,1-3H3. The lowest BCUT2D eigenvalue weighted by Gasteiger charge is -2.12. The van der Waals surface area contributed by atoms with Crippen molar-refractivity contribution in [3.05, 3.63) is 41.0 Å². The summed E-state index contributed by atoms with van der Waals surface area (Å²) in [5.41, 5.74) is 2.55. The molecule has 2 aromatic rings. The topological polar surface area (TPSA) is 57.0 Å². The number of nitrogens with zero attached hydrogens (tertiary/aromatic N) is 3. The highest BCUT2D eigenvalue weighted by molar-refractivity contribution is 5.76. The maximum absolute atomic E-state index is 10.7. The lowest BCUT2D eigenvalue weighted by atomic mass is 10.1. The van der Waals surface area contributed by atoms with Crippen molar-refractivity contribution in [1.29, 1.82) is 0 Å². The van der Waals surface area contributed by atoms with Crippen molar-refractivity contribution >= 4 is 6.29 Å². The number of aryl methyl sites for hydroxylation is 3. The summed E-state index contributed by atoms with van der Waals surface area (Å²) in [5.74, 6) is 1.55. The van der Waals surface area contributed by atoms with Gasteiger partial charge in [-0.2, -0.15) is 5.10 Å². The fraction of sp³-hybridized carbons (Fsp3) is 0.308. The van der Waals surface area contributed by atoms with Gasteiger partial charge in [-0.05, 0) is 37.1 Å². The van der Waals surface area contributed by atoms with E-state index in [2.05, 4.69) is 10.1 Å². The minimum atomic E-state index is 0.360. The minimum Gasteiger partial charge on any atom is -0.485 e. The van der Waals surface area contributed by atoms with E-state index in [1.807, 2.05) is 33.0 Å². The van der Waals surface area contributed by atoms with E-state index in [-0.39, 0.29) is 0 Å². The molecule has 0 aliphatic rings. The highest BCUT2D eigenvalue weighted by Crippen LogP contribution is 2.24. The molecular weight excluding hydrogens is 230 g/mol. The van der Waals surface area contributed by atoms with Crippen LogP contribution in [-0.4, -0.2) is 21.1 Å². The normalized spacial score (nSPS) is 10.4. The quantitative estimate of drug-likeness (QED) is 0.771. The summed E-state index contributed by atoms with van der Waals surface area (Å²) in [6, 6.07) is 3.62. The fourth-order valence-electron chi connectivity index (χ4n) is 1.87. The van der Waals surface area contributed by atoms with E-state index >= 15 is 0 Å². The molecule has 0 unspecified atom stereocenters. The number of ether oxygens (including phenoxy) is 1. The molecule has 0 saturated carbocycles. The van der Waals surface area contributed by atoms with Gasteiger partial charge < -0.3 is 4.74 Å². The first-order valence-corrected chi connectivity index (χ1v) is 5.64. The second-order valence-electron chi connectivity index (χ2n) is 4.19. The Labute approximate surface area is 105 Å². The summed E-state index contributed by atoms with van der Waals surface area (Å²) in [4.78, 5) is 14.8. The molecule has 0 N–H and O–H groups in total. The minimum absolute atomic E-state index is 0.360. The van der Waals surface area contributed by atoms with Crippen molar-refractivity contribution < 1.29 is 9.53 Å². The van der Waals surface area contributed by atoms with Gasteiger partial charge in [-0.15, -0.1) is 0 Å². The summed E-state index contributed by atoms with van der Waals surface area (Å²) in [5, 5.41) is 3.98. The number of carbonyl (C=O) groups is 1. The van der Waals surface area contributed by atoms with Gasteiger partial charge in [0.2, 0.25) is 0 Å². The second-order valence-corrected chi connectivity index (χ2v) is 4.19. The van der Waals surface area contributed by atoms with Gasteiger partial charge in [0, 0.05) is 12.6 Å². The predicted octanol–water partition coefficient (Wildman–Crippen LogP) is 1.82. The number of hydrogen-bond donors (Lipinski definition) is 0. The van der Waals surface area contributed by atoms with Crippen molar-refractivity contribution in [3.8, 4) is 5.75 Å². The van der Waals surface area contributed by atoms with Crippen LogP contribution in [0, 0.1) is 13.8 Å². The van der Waals surface area contributed by atoms with Crippen molar-refractivity contribution in [2.45, 2.75) is 20.5 Å². The largest absolute Gasteiger partial charge is 0.485 e. The van der Waals surface area contributed by atoms with Gasteiger partial charge in [-0.25, -0.2) is 4.98 Å². The van der Waals surface area contributed by atoms with Crippen LogP contribution in [-0.2, 0) is 13.7 Å². The number of carbonyl (C=O) groups excluding carboxylic acids is 1. The molecule has 0 aliphatic carbocycles. The SMILES string of the molecule is Cc1cc(C=O)cc(C)c1OCc1ncnn1C. The molecule has 0 saturated heterocycles. The maximum atomic E-state index is 10.7. The number of benzene rings is 1. The Kier molecular flexibility index (Phi) is 3.41. The molecule has 1 aromatic heterocycles. The molecule has 0 aliphatic heterocycles. The van der Waals surface area contributed by atoms with Crippen LogP contribution in [0.25, 0.3) is 0 Å². The van der Waals surface area contributed by atoms with E-state index in [1.165, 1.54) is 6.33 Å². The van der Waals surface area contributed by atoms with Gasteiger partial charge in [0.15, 0.2) is 5.82 Å². The monoisotopic (exact) mass is 245 g/mol. The van der Waals surface area contributed by atoms with Crippen molar-refractivity contribution in [2.24, 2.45) is 7.05 Å². The highest BCUT2D eigenvalue weighted by Gasteiger charge is 2.08. The van der Waals surface area contributed by atoms with Crippen LogP contribution >= 0.6 is 0 Å². The summed E-state index contributed by atoms with van der Waals surface area (Å²) in [6.07, 6.45) is 2.33. The lowest BCUT2D eigenvalue weighted by molar-refractivity contribution is 0.112. The Morgan fingerprint density at radius 2 is 2.00 bits per heavy atom. The van der Waals surface area contributed by atoms with Gasteiger partial charge >= 0.3 is 0 Å². The van der Waals surface area contributed by atoms with Crippen LogP contribution in [0.3, 0.4) is 0 Å². The Hall–Kier alpha value is -2.17. The zero-order chi connectivity index (χ0) is 13.1. The molecule has 5 heteroatoms. The summed E-state index contributed by atoms with van der Waals surface area (Å²) in [7, 11) is 1.82. The highest BCUT2D eigenvalue weighted by atomic mass is 16.5. The number of aldehydes is 1. The maximum Gasteiger partial charge on any atom is 0.164 e. The van der Waals surface area contributed by atoms with E-state index in [9.17, 15) is 4.79 Å². The third-order valence-electron chi connectivity index (χ3n) is 2.77. The summed E-state index contributed by atoms with van der Waals surface area (Å²) >= 11 is 0. The van der Waals surface area contributed by atoms with Gasteiger partial charge in [0.25, 0.3) is 0 Å². The van der Waals surface area contributed by atoms with E-state index < -0.39 is 0 Å². The van der Waals surface area contributed by atoms with Crippen LogP contribution in [0.15, 0.2) is 18.5 Å². The van der Waals surface area contributed by atoms with Crippen molar-refractivity contribution in [3.63, 3.8) is 0 Å². The van der Waals surface area contributed by atoms with Crippen LogP contribution in [0.1, 0.15) is 27.3 Å². The average molecular weight is 245 g/mol. The smallest absolute Gasteiger partial charge is 0.164 e. The zero-order valence-electron chi connectivity index (χ0n) is 10.7. The summed E-state index contributed by atoms with van der Waals surface area (Å²) in [6.45, 7) is 4.20. The Morgan fingerprint density at radius 1 is 1.33 bits per heavy atom. The van der Waals surface area contributed by atoms with E-state index in [1.54, 1.807) is 4.68 Å². The first-order chi connectivity index (χ1) is 8.61. The molecule has 2 rings (SSSR count). The third kappa shape index (κ3) is 2.40. The fourth-order valence-corrected chi connectivity index (χ4v) is 1.87. The van der Waals surface area contributed by atoms with Crippen molar-refractivity contribution in [1.82, 2.24) is 14.8 Å². The van der Waals surface area contributed by atoms with Gasteiger partial charge in [-0.3, -0.25) is 9.48 Å². The molecule has 94 valence electrons. The Balaban J connectivity index is 2.19. The molecule has 1 heterocycles. The number of rotatable bonds is 4. The molecule has 0 radical (unpaired) electrons. The third-order valence-corrected chi connectivity index (χ3v) is 2.77. The van der Waals surface area contributed by atoms with Gasteiger partial charge in [-0.1, -0.05) is 0 Å².